The Bertz CT molecular complexity index is 639. The summed E-state index contributed by atoms with van der Waals surface area (Å²) in [5, 5.41) is 0. The van der Waals surface area contributed by atoms with E-state index in [1.54, 1.807) is 30.3 Å². The van der Waals surface area contributed by atoms with Crippen LogP contribution in [0.2, 0.25) is 0 Å². The molecular weight excluding hydrogens is 259 g/mol. The molecule has 0 bridgehead atoms. The van der Waals surface area contributed by atoms with E-state index in [2.05, 4.69) is 0 Å². The normalized spacial score (nSPS) is 16.8. The van der Waals surface area contributed by atoms with Gasteiger partial charge in [0.25, 0.3) is 0 Å². The molecule has 20 heavy (non-hydrogen) atoms. The summed E-state index contributed by atoms with van der Waals surface area (Å²) in [4.78, 5) is 12.2. The molecule has 4 heteroatoms. The quantitative estimate of drug-likeness (QED) is 0.862. The fraction of sp³-hybridized carbons (Fsp3) is 0.188. The topological polar surface area (TPSA) is 35.5 Å². The van der Waals surface area contributed by atoms with E-state index < -0.39 is 6.10 Å². The van der Waals surface area contributed by atoms with Gasteiger partial charge in [-0.15, -0.1) is 0 Å². The average molecular weight is 272 g/mol. The summed E-state index contributed by atoms with van der Waals surface area (Å²) in [6, 6.07) is 13.4. The van der Waals surface area contributed by atoms with Crippen LogP contribution >= 0.6 is 0 Å². The molecule has 3 nitrogen and oxygen atoms in total. The summed E-state index contributed by atoms with van der Waals surface area (Å²) in [6.07, 6.45) is -0.687. The molecule has 2 aromatic carbocycles. The SMILES string of the molecule is O=C(Cc1ccccc1F)C1COc2ccccc2O1. The fourth-order valence-corrected chi connectivity index (χ4v) is 2.12. The number of hydrogen-bond acceptors (Lipinski definition) is 3. The Morgan fingerprint density at radius 2 is 1.80 bits per heavy atom. The van der Waals surface area contributed by atoms with Crippen molar-refractivity contribution in [2.24, 2.45) is 0 Å². The van der Waals surface area contributed by atoms with Crippen molar-refractivity contribution < 1.29 is 18.7 Å². The van der Waals surface area contributed by atoms with Crippen molar-refractivity contribution in [1.82, 2.24) is 0 Å². The molecule has 0 fully saturated rings. The van der Waals surface area contributed by atoms with E-state index in [4.69, 9.17) is 9.47 Å². The minimum absolute atomic E-state index is 0.00284. The Balaban J connectivity index is 1.72. The highest BCUT2D eigenvalue weighted by Gasteiger charge is 2.27. The van der Waals surface area contributed by atoms with Crippen molar-refractivity contribution in [2.75, 3.05) is 6.61 Å². The summed E-state index contributed by atoms with van der Waals surface area (Å²) in [5.41, 5.74) is 0.375. The minimum atomic E-state index is -0.690. The largest absolute Gasteiger partial charge is 0.485 e. The number of hydrogen-bond donors (Lipinski definition) is 0. The smallest absolute Gasteiger partial charge is 0.191 e. The lowest BCUT2D eigenvalue weighted by Gasteiger charge is -2.25. The molecule has 0 aliphatic carbocycles. The second kappa shape index (κ2) is 5.33. The van der Waals surface area contributed by atoms with Gasteiger partial charge in [0.2, 0.25) is 0 Å². The molecule has 0 radical (unpaired) electrons. The van der Waals surface area contributed by atoms with Crippen LogP contribution in [0.3, 0.4) is 0 Å². The zero-order chi connectivity index (χ0) is 13.9. The number of para-hydroxylation sites is 2. The molecule has 0 aromatic heterocycles. The van der Waals surface area contributed by atoms with Gasteiger partial charge in [-0.25, -0.2) is 4.39 Å². The summed E-state index contributed by atoms with van der Waals surface area (Å²) < 4.78 is 24.6. The third-order valence-electron chi connectivity index (χ3n) is 3.19. The second-order valence-electron chi connectivity index (χ2n) is 4.60. The molecule has 0 amide bonds. The molecule has 3 rings (SSSR count). The lowest BCUT2D eigenvalue weighted by molar-refractivity contribution is -0.127. The van der Waals surface area contributed by atoms with Crippen LogP contribution in [0.15, 0.2) is 48.5 Å². The lowest BCUT2D eigenvalue weighted by atomic mass is 10.0. The van der Waals surface area contributed by atoms with Crippen molar-refractivity contribution >= 4 is 5.78 Å². The molecule has 2 aromatic rings. The van der Waals surface area contributed by atoms with Crippen LogP contribution < -0.4 is 9.47 Å². The van der Waals surface area contributed by atoms with Crippen molar-refractivity contribution in [2.45, 2.75) is 12.5 Å². The summed E-state index contributed by atoms with van der Waals surface area (Å²) in [6.45, 7) is 0.157. The van der Waals surface area contributed by atoms with E-state index in [1.807, 2.05) is 12.1 Å². The highest BCUT2D eigenvalue weighted by molar-refractivity contribution is 5.86. The Labute approximate surface area is 115 Å². The van der Waals surface area contributed by atoms with E-state index in [-0.39, 0.29) is 24.6 Å². The third-order valence-corrected chi connectivity index (χ3v) is 3.19. The molecule has 0 N–H and O–H groups in total. The first-order chi connectivity index (χ1) is 9.74. The number of Topliss-reactive ketones (excluding diaryl/α,β-unsaturated/α-hetero) is 1. The highest BCUT2D eigenvalue weighted by atomic mass is 19.1. The molecule has 1 aliphatic rings. The molecule has 1 atom stereocenters. The first kappa shape index (κ1) is 12.7. The third kappa shape index (κ3) is 2.50. The van der Waals surface area contributed by atoms with Crippen molar-refractivity contribution in [1.29, 1.82) is 0 Å². The van der Waals surface area contributed by atoms with Crippen LogP contribution in [-0.4, -0.2) is 18.5 Å². The van der Waals surface area contributed by atoms with Gasteiger partial charge >= 0.3 is 0 Å². The van der Waals surface area contributed by atoms with E-state index in [1.165, 1.54) is 6.07 Å². The van der Waals surface area contributed by atoms with Crippen molar-refractivity contribution in [3.05, 3.63) is 59.9 Å². The van der Waals surface area contributed by atoms with Crippen LogP contribution in [0, 0.1) is 5.82 Å². The van der Waals surface area contributed by atoms with Crippen LogP contribution in [0.5, 0.6) is 11.5 Å². The van der Waals surface area contributed by atoms with Gasteiger partial charge in [0.15, 0.2) is 23.4 Å². The highest BCUT2D eigenvalue weighted by Crippen LogP contribution is 2.31. The maximum Gasteiger partial charge on any atom is 0.191 e. The Kier molecular flexibility index (Phi) is 3.37. The zero-order valence-corrected chi connectivity index (χ0v) is 10.7. The van der Waals surface area contributed by atoms with Gasteiger partial charge in [-0.1, -0.05) is 30.3 Å². The maximum atomic E-state index is 13.5. The van der Waals surface area contributed by atoms with Gasteiger partial charge in [0, 0.05) is 6.42 Å². The van der Waals surface area contributed by atoms with Crippen LogP contribution in [-0.2, 0) is 11.2 Å². The van der Waals surface area contributed by atoms with Crippen molar-refractivity contribution in [3.8, 4) is 11.5 Å². The molecular formula is C16H13FO3. The van der Waals surface area contributed by atoms with Crippen LogP contribution in [0.1, 0.15) is 5.56 Å². The fourth-order valence-electron chi connectivity index (χ4n) is 2.12. The standard InChI is InChI=1S/C16H13FO3/c17-12-6-2-1-5-11(12)9-13(18)16-10-19-14-7-3-4-8-15(14)20-16/h1-8,16H,9-10H2. The van der Waals surface area contributed by atoms with E-state index >= 15 is 0 Å². The van der Waals surface area contributed by atoms with Crippen molar-refractivity contribution in [3.63, 3.8) is 0 Å². The predicted octanol–water partition coefficient (Wildman–Crippen LogP) is 2.78. The number of halogens is 1. The second-order valence-corrected chi connectivity index (χ2v) is 4.60. The van der Waals surface area contributed by atoms with E-state index in [9.17, 15) is 9.18 Å². The number of rotatable bonds is 3. The molecule has 1 heterocycles. The summed E-state index contributed by atoms with van der Waals surface area (Å²) in [5.74, 6) is 0.607. The van der Waals surface area contributed by atoms with Gasteiger partial charge in [0.1, 0.15) is 12.4 Å². The molecule has 1 aliphatic heterocycles. The van der Waals surface area contributed by atoms with Gasteiger partial charge in [-0.3, -0.25) is 4.79 Å². The van der Waals surface area contributed by atoms with Crippen LogP contribution in [0.25, 0.3) is 0 Å². The number of ketones is 1. The number of carbonyl (C=O) groups is 1. The predicted molar refractivity (Wildman–Crippen MR) is 71.5 cm³/mol. The average Bonchev–Trinajstić information content (AvgIpc) is 2.49. The number of carbonyl (C=O) groups excluding carboxylic acids is 1. The molecule has 1 unspecified atom stereocenters. The lowest BCUT2D eigenvalue weighted by Crippen LogP contribution is -2.37. The Hall–Kier alpha value is -2.36. The first-order valence-electron chi connectivity index (χ1n) is 6.38. The molecule has 0 spiro atoms. The first-order valence-corrected chi connectivity index (χ1v) is 6.38. The Morgan fingerprint density at radius 3 is 2.60 bits per heavy atom. The monoisotopic (exact) mass is 272 g/mol. The Morgan fingerprint density at radius 1 is 1.10 bits per heavy atom. The maximum absolute atomic E-state index is 13.5. The van der Waals surface area contributed by atoms with Gasteiger partial charge < -0.3 is 9.47 Å². The summed E-state index contributed by atoms with van der Waals surface area (Å²) >= 11 is 0. The summed E-state index contributed by atoms with van der Waals surface area (Å²) in [7, 11) is 0. The number of fused-ring (bicyclic) bond motifs is 1. The van der Waals surface area contributed by atoms with E-state index in [0.717, 1.165) is 0 Å². The van der Waals surface area contributed by atoms with E-state index in [0.29, 0.717) is 17.1 Å². The molecule has 0 saturated carbocycles. The number of benzene rings is 2. The van der Waals surface area contributed by atoms with Gasteiger partial charge in [-0.05, 0) is 23.8 Å². The van der Waals surface area contributed by atoms with Gasteiger partial charge in [-0.2, -0.15) is 0 Å². The molecule has 102 valence electrons. The number of ether oxygens (including phenoxy) is 2. The zero-order valence-electron chi connectivity index (χ0n) is 10.7. The van der Waals surface area contributed by atoms with Gasteiger partial charge in [0.05, 0.1) is 0 Å². The van der Waals surface area contributed by atoms with Crippen LogP contribution in [0.4, 0.5) is 4.39 Å². The minimum Gasteiger partial charge on any atom is -0.485 e. The molecule has 0 saturated heterocycles.